The average molecular weight is 439 g/mol. The predicted octanol–water partition coefficient (Wildman–Crippen LogP) is 6.35. The maximum atomic E-state index is 13.6. The van der Waals surface area contributed by atoms with Crippen molar-refractivity contribution in [2.24, 2.45) is 0 Å². The summed E-state index contributed by atoms with van der Waals surface area (Å²) >= 11 is 0. The Morgan fingerprint density at radius 1 is 0.788 bits per heavy atom. The van der Waals surface area contributed by atoms with Crippen LogP contribution in [0.15, 0.2) is 72.4 Å². The van der Waals surface area contributed by atoms with E-state index in [9.17, 15) is 9.59 Å². The van der Waals surface area contributed by atoms with Gasteiger partial charge in [-0.05, 0) is 74.1 Å². The number of nitrogens with one attached hydrogen (secondary N) is 1. The van der Waals surface area contributed by atoms with Crippen LogP contribution in [0.1, 0.15) is 47.6 Å². The third-order valence-electron chi connectivity index (χ3n) is 6.09. The van der Waals surface area contributed by atoms with Gasteiger partial charge in [-0.3, -0.25) is 9.59 Å². The van der Waals surface area contributed by atoms with Crippen LogP contribution in [0.2, 0.25) is 0 Å². The monoisotopic (exact) mass is 438 g/mol. The summed E-state index contributed by atoms with van der Waals surface area (Å²) in [6, 6.07) is 21.5. The van der Waals surface area contributed by atoms with Crippen LogP contribution >= 0.6 is 0 Å². The van der Waals surface area contributed by atoms with Crippen LogP contribution in [0.4, 0.5) is 11.4 Å². The summed E-state index contributed by atoms with van der Waals surface area (Å²) in [7, 11) is 0. The lowest BCUT2D eigenvalue weighted by Crippen LogP contribution is -2.32. The Morgan fingerprint density at radius 3 is 2.12 bits per heavy atom. The average Bonchev–Trinajstić information content (AvgIpc) is 3.05. The Kier molecular flexibility index (Phi) is 6.45. The fourth-order valence-corrected chi connectivity index (χ4v) is 4.07. The van der Waals surface area contributed by atoms with E-state index in [2.05, 4.69) is 12.2 Å². The van der Waals surface area contributed by atoms with Gasteiger partial charge < -0.3 is 5.32 Å². The van der Waals surface area contributed by atoms with Crippen LogP contribution in [0.5, 0.6) is 0 Å². The SMILES string of the molecule is CCCCc1ccc(N2C(=O)C(Nc3cc(C)ccc3C)=C(c3ccc(C)cc3)C2=O)cc1. The van der Waals surface area contributed by atoms with Gasteiger partial charge in [0.1, 0.15) is 5.70 Å². The van der Waals surface area contributed by atoms with Gasteiger partial charge in [0.15, 0.2) is 0 Å². The lowest BCUT2D eigenvalue weighted by Gasteiger charge is -2.16. The molecular formula is C29H30N2O2. The van der Waals surface area contributed by atoms with Crippen molar-refractivity contribution in [1.29, 1.82) is 0 Å². The third-order valence-corrected chi connectivity index (χ3v) is 6.09. The topological polar surface area (TPSA) is 49.4 Å². The van der Waals surface area contributed by atoms with Crippen molar-refractivity contribution < 1.29 is 9.59 Å². The van der Waals surface area contributed by atoms with Crippen LogP contribution in [-0.4, -0.2) is 11.8 Å². The highest BCUT2D eigenvalue weighted by molar-refractivity contribution is 6.46. The van der Waals surface area contributed by atoms with Gasteiger partial charge in [-0.25, -0.2) is 4.90 Å². The summed E-state index contributed by atoms with van der Waals surface area (Å²) in [5.41, 5.74) is 7.25. The molecule has 0 fully saturated rings. The Bertz CT molecular complexity index is 1220. The lowest BCUT2D eigenvalue weighted by atomic mass is 10.0. The lowest BCUT2D eigenvalue weighted by molar-refractivity contribution is -0.120. The van der Waals surface area contributed by atoms with Crippen molar-refractivity contribution in [2.45, 2.75) is 47.0 Å². The van der Waals surface area contributed by atoms with E-state index in [1.54, 1.807) is 0 Å². The Balaban J connectivity index is 1.75. The number of aryl methyl sites for hydroxylation is 4. The Hall–Kier alpha value is -3.66. The van der Waals surface area contributed by atoms with E-state index in [0.29, 0.717) is 17.0 Å². The standard InChI is InChI=1S/C29H30N2O2/c1-5-6-7-22-12-16-24(17-13-22)31-28(32)26(23-14-9-19(2)10-15-23)27(29(31)33)30-25-18-20(3)8-11-21(25)4/h8-18,30H,5-7H2,1-4H3. The molecule has 4 heteroatoms. The molecule has 1 aliphatic heterocycles. The van der Waals surface area contributed by atoms with E-state index in [-0.39, 0.29) is 11.8 Å². The second-order valence-corrected chi connectivity index (χ2v) is 8.78. The number of anilines is 2. The van der Waals surface area contributed by atoms with Crippen molar-refractivity contribution in [3.05, 3.63) is 100 Å². The highest BCUT2D eigenvalue weighted by Crippen LogP contribution is 2.34. The van der Waals surface area contributed by atoms with E-state index in [1.165, 1.54) is 10.5 Å². The fourth-order valence-electron chi connectivity index (χ4n) is 4.07. The van der Waals surface area contributed by atoms with Crippen molar-refractivity contribution in [3.8, 4) is 0 Å². The van der Waals surface area contributed by atoms with Crippen molar-refractivity contribution in [3.63, 3.8) is 0 Å². The third kappa shape index (κ3) is 4.61. The van der Waals surface area contributed by atoms with E-state index in [1.807, 2.05) is 87.5 Å². The quantitative estimate of drug-likeness (QED) is 0.437. The molecule has 3 aromatic rings. The molecule has 0 spiro atoms. The first kappa shape index (κ1) is 22.5. The molecule has 0 aromatic heterocycles. The highest BCUT2D eigenvalue weighted by Gasteiger charge is 2.40. The molecule has 2 amide bonds. The molecule has 0 unspecified atom stereocenters. The molecule has 0 saturated carbocycles. The zero-order chi connectivity index (χ0) is 23.5. The first-order chi connectivity index (χ1) is 15.9. The number of carbonyl (C=O) groups excluding carboxylic acids is 2. The van der Waals surface area contributed by atoms with Gasteiger partial charge in [0.05, 0.1) is 11.3 Å². The number of hydrogen-bond donors (Lipinski definition) is 1. The molecule has 4 rings (SSSR count). The predicted molar refractivity (Wildman–Crippen MR) is 135 cm³/mol. The molecule has 0 radical (unpaired) electrons. The van der Waals surface area contributed by atoms with Gasteiger partial charge in [0, 0.05) is 5.69 Å². The zero-order valence-corrected chi connectivity index (χ0v) is 19.7. The molecule has 1 heterocycles. The second kappa shape index (κ2) is 9.45. The molecule has 0 aliphatic carbocycles. The molecular weight excluding hydrogens is 408 g/mol. The van der Waals surface area contributed by atoms with Crippen LogP contribution in [0.3, 0.4) is 0 Å². The van der Waals surface area contributed by atoms with Gasteiger partial charge in [-0.15, -0.1) is 0 Å². The maximum Gasteiger partial charge on any atom is 0.282 e. The van der Waals surface area contributed by atoms with Gasteiger partial charge in [0.2, 0.25) is 0 Å². The molecule has 1 N–H and O–H groups in total. The number of carbonyl (C=O) groups is 2. The molecule has 0 saturated heterocycles. The Labute approximate surface area is 195 Å². The van der Waals surface area contributed by atoms with Crippen LogP contribution < -0.4 is 10.2 Å². The van der Waals surface area contributed by atoms with Crippen molar-refractivity contribution >= 4 is 28.8 Å². The smallest absolute Gasteiger partial charge is 0.282 e. The molecule has 168 valence electrons. The van der Waals surface area contributed by atoms with E-state index in [4.69, 9.17) is 0 Å². The molecule has 33 heavy (non-hydrogen) atoms. The van der Waals surface area contributed by atoms with Crippen molar-refractivity contribution in [2.75, 3.05) is 10.2 Å². The second-order valence-electron chi connectivity index (χ2n) is 8.78. The number of amides is 2. The summed E-state index contributed by atoms with van der Waals surface area (Å²) in [5.74, 6) is -0.643. The minimum Gasteiger partial charge on any atom is -0.350 e. The van der Waals surface area contributed by atoms with E-state index >= 15 is 0 Å². The number of unbranched alkanes of at least 4 members (excludes halogenated alkanes) is 1. The molecule has 4 nitrogen and oxygen atoms in total. The molecule has 0 bridgehead atoms. The summed E-state index contributed by atoms with van der Waals surface area (Å²) in [4.78, 5) is 28.5. The van der Waals surface area contributed by atoms with Gasteiger partial charge in [0.25, 0.3) is 11.8 Å². The maximum absolute atomic E-state index is 13.6. The highest BCUT2D eigenvalue weighted by atomic mass is 16.2. The van der Waals surface area contributed by atoms with Crippen LogP contribution in [0.25, 0.3) is 5.57 Å². The number of benzene rings is 3. The largest absolute Gasteiger partial charge is 0.350 e. The zero-order valence-electron chi connectivity index (χ0n) is 19.7. The first-order valence-electron chi connectivity index (χ1n) is 11.5. The fraction of sp³-hybridized carbons (Fsp3) is 0.241. The first-order valence-corrected chi connectivity index (χ1v) is 11.5. The normalized spacial score (nSPS) is 13.8. The summed E-state index contributed by atoms with van der Waals surface area (Å²) in [6.45, 7) is 8.16. The summed E-state index contributed by atoms with van der Waals surface area (Å²) in [5, 5.41) is 3.30. The van der Waals surface area contributed by atoms with Gasteiger partial charge in [-0.2, -0.15) is 0 Å². The number of nitrogens with zero attached hydrogens (tertiary/aromatic N) is 1. The van der Waals surface area contributed by atoms with Crippen LogP contribution in [-0.2, 0) is 16.0 Å². The number of rotatable bonds is 7. The summed E-state index contributed by atoms with van der Waals surface area (Å²) in [6.07, 6.45) is 3.23. The molecule has 0 atom stereocenters. The van der Waals surface area contributed by atoms with Gasteiger partial charge >= 0.3 is 0 Å². The minimum absolute atomic E-state index is 0.307. The minimum atomic E-state index is -0.335. The number of hydrogen-bond acceptors (Lipinski definition) is 3. The van der Waals surface area contributed by atoms with Crippen molar-refractivity contribution in [1.82, 2.24) is 0 Å². The van der Waals surface area contributed by atoms with Gasteiger partial charge in [-0.1, -0.05) is 67.4 Å². The molecule has 1 aliphatic rings. The van der Waals surface area contributed by atoms with E-state index < -0.39 is 0 Å². The Morgan fingerprint density at radius 2 is 1.45 bits per heavy atom. The van der Waals surface area contributed by atoms with E-state index in [0.717, 1.165) is 47.2 Å². The molecule has 3 aromatic carbocycles. The summed E-state index contributed by atoms with van der Waals surface area (Å²) < 4.78 is 0. The number of imide groups is 1. The van der Waals surface area contributed by atoms with Crippen LogP contribution in [0, 0.1) is 20.8 Å².